The lowest BCUT2D eigenvalue weighted by Crippen LogP contribution is -2.34. The molecule has 8 aromatic rings. The van der Waals surface area contributed by atoms with E-state index in [1.54, 1.807) is 6.20 Å². The first-order chi connectivity index (χ1) is 34.8. The third-order valence-electron chi connectivity index (χ3n) is 16.1. The monoisotopic (exact) mass is 946 g/mol. The summed E-state index contributed by atoms with van der Waals surface area (Å²) in [6, 6.07) is 46.9. The van der Waals surface area contributed by atoms with Crippen LogP contribution >= 0.6 is 0 Å². The highest BCUT2D eigenvalue weighted by Crippen LogP contribution is 2.66. The van der Waals surface area contributed by atoms with Crippen molar-refractivity contribution in [2.45, 2.75) is 95.0 Å². The Kier molecular flexibility index (Phi) is 11.8. The smallest absolute Gasteiger partial charge is 0.303 e. The number of rotatable bonds is 16. The van der Waals surface area contributed by atoms with Crippen LogP contribution < -0.4 is 9.47 Å². The maximum atomic E-state index is 11.3. The molecule has 0 radical (unpaired) electrons. The molecule has 4 saturated carbocycles. The summed E-state index contributed by atoms with van der Waals surface area (Å²) in [5.41, 5.74) is 9.39. The fourth-order valence-electron chi connectivity index (χ4n) is 13.0. The van der Waals surface area contributed by atoms with Crippen LogP contribution in [0.4, 0.5) is 0 Å². The van der Waals surface area contributed by atoms with E-state index in [1.807, 2.05) is 18.2 Å². The number of esters is 1. The van der Waals surface area contributed by atoms with Gasteiger partial charge in [0.1, 0.15) is 31.3 Å². The highest BCUT2D eigenvalue weighted by molar-refractivity contribution is 5.66. The van der Waals surface area contributed by atoms with Crippen LogP contribution in [0.1, 0.15) is 109 Å². The highest BCUT2D eigenvalue weighted by Gasteiger charge is 2.59. The first-order valence-corrected chi connectivity index (χ1v) is 24.8. The summed E-state index contributed by atoms with van der Waals surface area (Å²) in [4.78, 5) is 29.9. The number of hydrogen-bond donors (Lipinski definition) is 1. The van der Waals surface area contributed by atoms with Gasteiger partial charge in [-0.2, -0.15) is 9.97 Å². The summed E-state index contributed by atoms with van der Waals surface area (Å²) < 4.78 is 28.3. The molecule has 13 heteroatoms. The van der Waals surface area contributed by atoms with Crippen molar-refractivity contribution in [3.05, 3.63) is 191 Å². The Hall–Kier alpha value is -7.51. The molecule has 4 aromatic carbocycles. The zero-order valence-electron chi connectivity index (χ0n) is 39.5. The Morgan fingerprint density at radius 3 is 1.80 bits per heavy atom. The van der Waals surface area contributed by atoms with E-state index in [-0.39, 0.29) is 41.7 Å². The Morgan fingerprint density at radius 1 is 0.620 bits per heavy atom. The van der Waals surface area contributed by atoms with Crippen molar-refractivity contribution in [2.24, 2.45) is 23.7 Å². The molecule has 4 fully saturated rings. The lowest BCUT2D eigenvalue weighted by molar-refractivity contribution is -0.143. The largest absolute Gasteiger partial charge is 0.487 e. The summed E-state index contributed by atoms with van der Waals surface area (Å²) in [5.74, 6) is 4.91. The summed E-state index contributed by atoms with van der Waals surface area (Å²) in [5, 5.41) is 17.8. The molecule has 4 heterocycles. The molecule has 4 aliphatic rings. The van der Waals surface area contributed by atoms with E-state index in [2.05, 4.69) is 141 Å². The SMILES string of the molecule is CC(=O)OCc1nc(-c2ccc([C@]3(c4ccc(OCc5cccc(C6C7CC[C@H]6[C@](c6ccc(OCc8ccccn8)cc6)(c6ccc(-c8noc(CO)n8)cc6)C7)n5)cc4)CC4CC[C@@H]3C4)cc2)no1. The fourth-order valence-corrected chi connectivity index (χ4v) is 13.0. The Bertz CT molecular complexity index is 3140. The molecule has 13 nitrogen and oxygen atoms in total. The topological polar surface area (TPSA) is 169 Å². The van der Waals surface area contributed by atoms with Crippen molar-refractivity contribution < 1.29 is 33.2 Å². The number of hydrogen-bond acceptors (Lipinski definition) is 13. The predicted molar refractivity (Wildman–Crippen MR) is 261 cm³/mol. The number of ether oxygens (including phenoxy) is 3. The first-order valence-electron chi connectivity index (χ1n) is 24.8. The highest BCUT2D eigenvalue weighted by atomic mass is 16.6. The minimum absolute atomic E-state index is 0.0446. The zero-order chi connectivity index (χ0) is 47.9. The molecule has 12 rings (SSSR count). The predicted octanol–water partition coefficient (Wildman–Crippen LogP) is 10.9. The van der Waals surface area contributed by atoms with Crippen LogP contribution in [0.3, 0.4) is 0 Å². The van der Waals surface area contributed by atoms with Crippen molar-refractivity contribution in [3.63, 3.8) is 0 Å². The molecular formula is C58H54N6O7. The van der Waals surface area contributed by atoms with Gasteiger partial charge >= 0.3 is 5.97 Å². The van der Waals surface area contributed by atoms with E-state index in [9.17, 15) is 9.90 Å². The molecule has 1 N–H and O–H groups in total. The van der Waals surface area contributed by atoms with Gasteiger partial charge in [0.25, 0.3) is 11.8 Å². The van der Waals surface area contributed by atoms with Gasteiger partial charge < -0.3 is 28.4 Å². The standard InChI is InChI=1S/C58H54N6O7/c1-36(66)67-35-53-62-56(64-71-53)39-9-15-41(16-10-39)57(30-37-8-14-45(57)29-37)42-19-23-49(24-20-42)69-34-47-6-4-7-51(60-47)54-40-13-27-50(54)58(31-40,43-17-11-38(12-18-43)55-61-52(32-65)70-63-55)44-21-25-48(26-22-44)68-33-46-5-2-3-28-59-46/h2-7,9-12,15-26,28,37,40,45,50,54,65H,8,13-14,27,29-35H2,1H3/t37?,40?,45-,50-,54?,57+,58+/m1/s1. The quantitative estimate of drug-likeness (QED) is 0.0909. The van der Waals surface area contributed by atoms with Crippen molar-refractivity contribution in [2.75, 3.05) is 0 Å². The van der Waals surface area contributed by atoms with Gasteiger partial charge in [0.2, 0.25) is 11.6 Å². The maximum Gasteiger partial charge on any atom is 0.303 e. The van der Waals surface area contributed by atoms with Crippen LogP contribution in [0.2, 0.25) is 0 Å². The summed E-state index contributed by atoms with van der Waals surface area (Å²) in [6.45, 7) is 1.77. The van der Waals surface area contributed by atoms with Crippen molar-refractivity contribution in [1.82, 2.24) is 30.2 Å². The molecule has 0 aliphatic heterocycles. The van der Waals surface area contributed by atoms with Crippen LogP contribution in [0.25, 0.3) is 22.8 Å². The van der Waals surface area contributed by atoms with E-state index < -0.39 is 5.97 Å². The van der Waals surface area contributed by atoms with Gasteiger partial charge in [0.05, 0.1) is 11.4 Å². The molecule has 0 spiro atoms. The second-order valence-electron chi connectivity index (χ2n) is 19.8. The number of aliphatic hydroxyl groups is 1. The zero-order valence-corrected chi connectivity index (χ0v) is 39.5. The van der Waals surface area contributed by atoms with Crippen LogP contribution in [0.15, 0.2) is 149 Å². The minimum atomic E-state index is -0.395. The molecule has 0 amide bonds. The molecule has 3 unspecified atom stereocenters. The van der Waals surface area contributed by atoms with Gasteiger partial charge in [-0.25, -0.2) is 0 Å². The first kappa shape index (κ1) is 44.7. The molecule has 4 aliphatic carbocycles. The number of benzene rings is 4. The summed E-state index contributed by atoms with van der Waals surface area (Å²) >= 11 is 0. The Morgan fingerprint density at radius 2 is 1.23 bits per heavy atom. The van der Waals surface area contributed by atoms with Gasteiger partial charge in [-0.15, -0.1) is 0 Å². The second-order valence-corrected chi connectivity index (χ2v) is 19.8. The van der Waals surface area contributed by atoms with Gasteiger partial charge in [0, 0.05) is 46.7 Å². The number of fused-ring (bicyclic) bond motifs is 4. The third-order valence-corrected chi connectivity index (χ3v) is 16.1. The van der Waals surface area contributed by atoms with Crippen LogP contribution in [-0.2, 0) is 46.8 Å². The van der Waals surface area contributed by atoms with E-state index in [0.717, 1.165) is 65.4 Å². The Balaban J connectivity index is 0.775. The normalized spacial score (nSPS) is 24.1. The number of aromatic nitrogens is 6. The lowest BCUT2D eigenvalue weighted by atomic mass is 9.63. The van der Waals surface area contributed by atoms with Gasteiger partial charge in [-0.1, -0.05) is 102 Å². The molecule has 4 bridgehead atoms. The molecule has 0 saturated heterocycles. The molecular weight excluding hydrogens is 893 g/mol. The van der Waals surface area contributed by atoms with Gasteiger partial charge in [-0.05, 0) is 133 Å². The van der Waals surface area contributed by atoms with E-state index in [1.165, 1.54) is 48.4 Å². The third kappa shape index (κ3) is 8.35. The van der Waals surface area contributed by atoms with E-state index >= 15 is 0 Å². The average Bonchev–Trinajstić information content (AvgIpc) is 4.31. The van der Waals surface area contributed by atoms with Crippen LogP contribution in [0, 0.1) is 23.7 Å². The minimum Gasteiger partial charge on any atom is -0.487 e. The molecule has 358 valence electrons. The van der Waals surface area contributed by atoms with Crippen molar-refractivity contribution in [1.29, 1.82) is 0 Å². The van der Waals surface area contributed by atoms with E-state index in [0.29, 0.717) is 48.5 Å². The second kappa shape index (κ2) is 18.7. The number of pyridine rings is 2. The number of aliphatic hydroxyl groups excluding tert-OH is 1. The number of carbonyl (C=O) groups excluding carboxylic acids is 1. The number of carbonyl (C=O) groups is 1. The van der Waals surface area contributed by atoms with Crippen molar-refractivity contribution >= 4 is 5.97 Å². The van der Waals surface area contributed by atoms with Crippen LogP contribution in [0.5, 0.6) is 11.5 Å². The Labute approximate surface area is 411 Å². The van der Waals surface area contributed by atoms with Gasteiger partial charge in [-0.3, -0.25) is 14.8 Å². The maximum absolute atomic E-state index is 11.3. The molecule has 71 heavy (non-hydrogen) atoms. The van der Waals surface area contributed by atoms with E-state index in [4.69, 9.17) is 28.2 Å². The van der Waals surface area contributed by atoms with Crippen molar-refractivity contribution in [3.8, 4) is 34.3 Å². The summed E-state index contributed by atoms with van der Waals surface area (Å²) in [7, 11) is 0. The fraction of sp³-hybridized carbons (Fsp3) is 0.328. The van der Waals surface area contributed by atoms with Gasteiger partial charge in [0.15, 0.2) is 6.61 Å². The molecule has 4 aromatic heterocycles. The average molecular weight is 947 g/mol. The summed E-state index contributed by atoms with van der Waals surface area (Å²) in [6.07, 6.45) is 9.88. The molecule has 7 atom stereocenters. The lowest BCUT2D eigenvalue weighted by Gasteiger charge is -2.40. The van der Waals surface area contributed by atoms with Crippen LogP contribution in [-0.4, -0.2) is 41.3 Å². The number of nitrogens with zero attached hydrogens (tertiary/aromatic N) is 6.